The van der Waals surface area contributed by atoms with E-state index < -0.39 is 60.4 Å². The maximum Gasteiger partial charge on any atom is 0.419 e. The molecular weight excluding hydrogens is 338 g/mol. The first-order valence-corrected chi connectivity index (χ1v) is 5.02. The predicted molar refractivity (Wildman–Crippen MR) is 47.8 cm³/mol. The first kappa shape index (κ1) is 18.4. The van der Waals surface area contributed by atoms with E-state index in [-0.39, 0.29) is 0 Å². The number of hydrogen-bond acceptors (Lipinski definition) is 3. The summed E-state index contributed by atoms with van der Waals surface area (Å²) in [5.74, 6) is -2.29. The van der Waals surface area contributed by atoms with Gasteiger partial charge in [-0.15, -0.1) is 0 Å². The molecule has 1 aromatic carbocycles. The molecule has 124 valence electrons. The first-order chi connectivity index (χ1) is 9.64. The van der Waals surface area contributed by atoms with Crippen molar-refractivity contribution < 1.29 is 54.2 Å². The Hall–Kier alpha value is -1.63. The molecule has 0 aliphatic heterocycles. The van der Waals surface area contributed by atoms with Crippen LogP contribution in [-0.2, 0) is 18.5 Å². The van der Waals surface area contributed by atoms with Crippen LogP contribution in [0.5, 0.6) is 5.75 Å². The quantitative estimate of drug-likeness (QED) is 0.610. The van der Waals surface area contributed by atoms with Crippen molar-refractivity contribution >= 4 is 7.32 Å². The van der Waals surface area contributed by atoms with Gasteiger partial charge in [0.05, 0.1) is 16.7 Å². The summed E-state index contributed by atoms with van der Waals surface area (Å²) < 4.78 is 116. The molecule has 1 rings (SSSR count). The molecule has 0 saturated carbocycles. The third-order valence-electron chi connectivity index (χ3n) is 2.24. The van der Waals surface area contributed by atoms with Gasteiger partial charge in [-0.05, 0) is 12.1 Å². The minimum absolute atomic E-state index is 0.674. The molecule has 0 atom stereocenters. The second kappa shape index (κ2) is 5.54. The van der Waals surface area contributed by atoms with Crippen LogP contribution < -0.4 is 14.7 Å². The highest BCUT2D eigenvalue weighted by Gasteiger charge is 2.45. The van der Waals surface area contributed by atoms with E-state index >= 15 is 0 Å². The van der Waals surface area contributed by atoms with Gasteiger partial charge >= 0.3 is 18.5 Å². The number of hydrogen-bond donors (Lipinski definition) is 0. The van der Waals surface area contributed by atoms with E-state index in [1.807, 2.05) is 0 Å². The molecule has 0 amide bonds. The Bertz CT molecular complexity index is 512. The molecule has 0 unspecified atom stereocenters. The number of alkyl halides is 9. The predicted octanol–water partition coefficient (Wildman–Crippen LogP) is 1.83. The molecule has 1 aromatic rings. The van der Waals surface area contributed by atoms with Crippen molar-refractivity contribution in [2.24, 2.45) is 0 Å². The van der Waals surface area contributed by atoms with Gasteiger partial charge < -0.3 is 14.7 Å². The minimum atomic E-state index is -5.72. The van der Waals surface area contributed by atoms with Crippen LogP contribution in [-0.4, -0.2) is 7.32 Å². The van der Waals surface area contributed by atoms with E-state index in [1.165, 1.54) is 0 Å². The fourth-order valence-electron chi connectivity index (χ4n) is 1.44. The summed E-state index contributed by atoms with van der Waals surface area (Å²) in [5, 5.41) is 20.4. The fraction of sp³-hybridized carbons (Fsp3) is 0.333. The average molecular weight is 340 g/mol. The van der Waals surface area contributed by atoms with E-state index in [0.717, 1.165) is 0 Å². The molecule has 0 spiro atoms. The highest BCUT2D eigenvalue weighted by atomic mass is 19.4. The van der Waals surface area contributed by atoms with Gasteiger partial charge in [0.2, 0.25) is 0 Å². The third kappa shape index (κ3) is 4.19. The number of rotatable bonds is 2. The zero-order valence-corrected chi connectivity index (χ0v) is 9.86. The Kier molecular flexibility index (Phi) is 4.64. The molecule has 13 heteroatoms. The second-order valence-electron chi connectivity index (χ2n) is 3.80. The average Bonchev–Trinajstić information content (AvgIpc) is 2.23. The van der Waals surface area contributed by atoms with Crippen molar-refractivity contribution in [3.05, 3.63) is 28.8 Å². The largest absolute Gasteiger partial charge is 0.860 e. The highest BCUT2D eigenvalue weighted by Crippen LogP contribution is 2.47. The maximum atomic E-state index is 12.6. The Morgan fingerprint density at radius 3 is 1.32 bits per heavy atom. The van der Waals surface area contributed by atoms with Gasteiger partial charge in [0.25, 0.3) is 0 Å². The van der Waals surface area contributed by atoms with Crippen molar-refractivity contribution in [2.75, 3.05) is 0 Å². The van der Waals surface area contributed by atoms with Crippen LogP contribution >= 0.6 is 0 Å². The van der Waals surface area contributed by atoms with Crippen LogP contribution in [0.4, 0.5) is 39.5 Å². The lowest BCUT2D eigenvalue weighted by molar-refractivity contribution is -0.372. The van der Waals surface area contributed by atoms with Gasteiger partial charge in [0.15, 0.2) is 0 Å². The molecule has 0 aliphatic carbocycles. The summed E-state index contributed by atoms with van der Waals surface area (Å²) in [6, 6.07) is -1.35. The van der Waals surface area contributed by atoms with Gasteiger partial charge in [-0.2, -0.15) is 39.5 Å². The molecule has 0 heterocycles. The lowest BCUT2D eigenvalue weighted by Crippen LogP contribution is -2.51. The summed E-state index contributed by atoms with van der Waals surface area (Å²) in [6.07, 6.45) is -17.0. The summed E-state index contributed by atoms with van der Waals surface area (Å²) in [4.78, 5) is 0. The standard InChI is InChI=1S/C9H2BF9O3/c11-7(12,13)3-1-4(8(14,15)16)6(22-10(20)21)5(2-3)9(17,18)19/h1-2H/q-2. The molecular formula is C9H2BF9O3-2. The zero-order valence-electron chi connectivity index (χ0n) is 9.86. The smallest absolute Gasteiger partial charge is 0.419 e. The van der Waals surface area contributed by atoms with Crippen molar-refractivity contribution in [2.45, 2.75) is 18.5 Å². The first-order valence-electron chi connectivity index (χ1n) is 5.02. The van der Waals surface area contributed by atoms with E-state index in [0.29, 0.717) is 0 Å². The summed E-state index contributed by atoms with van der Waals surface area (Å²) in [5.41, 5.74) is -7.30. The van der Waals surface area contributed by atoms with Crippen LogP contribution in [0.25, 0.3) is 0 Å². The monoisotopic (exact) mass is 340 g/mol. The molecule has 22 heavy (non-hydrogen) atoms. The zero-order chi connectivity index (χ0) is 17.5. The lowest BCUT2D eigenvalue weighted by Gasteiger charge is -2.31. The molecule has 0 bridgehead atoms. The van der Waals surface area contributed by atoms with Crippen LogP contribution in [0.3, 0.4) is 0 Å². The Labute approximate surface area is 116 Å². The van der Waals surface area contributed by atoms with Crippen molar-refractivity contribution in [1.82, 2.24) is 0 Å². The van der Waals surface area contributed by atoms with Gasteiger partial charge in [0, 0.05) is 0 Å². The topological polar surface area (TPSA) is 55.3 Å². The van der Waals surface area contributed by atoms with Gasteiger partial charge in [-0.25, -0.2) is 0 Å². The summed E-state index contributed by atoms with van der Waals surface area (Å²) in [7, 11) is -3.60. The SMILES string of the molecule is [O-]B([O-])Oc1c(C(F)(F)F)cc(C(F)(F)F)cc1C(F)(F)F. The molecule has 0 aliphatic rings. The highest BCUT2D eigenvalue weighted by molar-refractivity contribution is 6.29. The third-order valence-corrected chi connectivity index (χ3v) is 2.24. The van der Waals surface area contributed by atoms with E-state index in [1.54, 1.807) is 0 Å². The van der Waals surface area contributed by atoms with E-state index in [4.69, 9.17) is 0 Å². The minimum Gasteiger partial charge on any atom is -0.860 e. The summed E-state index contributed by atoms with van der Waals surface area (Å²) >= 11 is 0. The number of benzene rings is 1. The van der Waals surface area contributed by atoms with Crippen LogP contribution in [0.15, 0.2) is 12.1 Å². The molecule has 0 saturated heterocycles. The molecule has 0 N–H and O–H groups in total. The molecule has 3 nitrogen and oxygen atoms in total. The Morgan fingerprint density at radius 2 is 1.09 bits per heavy atom. The second-order valence-corrected chi connectivity index (χ2v) is 3.80. The van der Waals surface area contributed by atoms with Crippen LogP contribution in [0.1, 0.15) is 16.7 Å². The van der Waals surface area contributed by atoms with Crippen LogP contribution in [0.2, 0.25) is 0 Å². The van der Waals surface area contributed by atoms with E-state index in [9.17, 15) is 49.6 Å². The lowest BCUT2D eigenvalue weighted by atomic mass is 10.0. The van der Waals surface area contributed by atoms with Crippen LogP contribution in [0, 0.1) is 0 Å². The Morgan fingerprint density at radius 1 is 0.727 bits per heavy atom. The fourth-order valence-corrected chi connectivity index (χ4v) is 1.44. The normalized spacial score (nSPS) is 13.2. The Balaban J connectivity index is 3.78. The van der Waals surface area contributed by atoms with Gasteiger partial charge in [-0.1, -0.05) is 0 Å². The number of halogens is 9. The van der Waals surface area contributed by atoms with Gasteiger partial charge in [-0.3, -0.25) is 0 Å². The van der Waals surface area contributed by atoms with Crippen molar-refractivity contribution in [3.8, 4) is 5.75 Å². The molecule has 0 fully saturated rings. The maximum absolute atomic E-state index is 12.6. The van der Waals surface area contributed by atoms with Crippen molar-refractivity contribution in [1.29, 1.82) is 0 Å². The van der Waals surface area contributed by atoms with E-state index in [2.05, 4.69) is 4.65 Å². The molecule has 0 aromatic heterocycles. The summed E-state index contributed by atoms with van der Waals surface area (Å²) in [6.45, 7) is 0. The van der Waals surface area contributed by atoms with Crippen molar-refractivity contribution in [3.63, 3.8) is 0 Å². The molecule has 0 radical (unpaired) electrons. The van der Waals surface area contributed by atoms with Gasteiger partial charge in [0.1, 0.15) is 13.1 Å².